The Hall–Kier alpha value is -3.10. The van der Waals surface area contributed by atoms with Gasteiger partial charge >= 0.3 is 0 Å². The second-order valence-electron chi connectivity index (χ2n) is 6.90. The van der Waals surface area contributed by atoms with Gasteiger partial charge in [-0.15, -0.1) is 5.10 Å². The van der Waals surface area contributed by atoms with E-state index in [-0.39, 0.29) is 23.7 Å². The number of halogens is 1. The van der Waals surface area contributed by atoms with Crippen LogP contribution in [-0.4, -0.2) is 49.0 Å². The minimum atomic E-state index is -0.359. The van der Waals surface area contributed by atoms with Gasteiger partial charge < -0.3 is 9.42 Å². The highest BCUT2D eigenvalue weighted by Gasteiger charge is 2.29. The van der Waals surface area contributed by atoms with E-state index in [4.69, 9.17) is 4.52 Å². The molecule has 8 nitrogen and oxygen atoms in total. The van der Waals surface area contributed by atoms with Crippen molar-refractivity contribution in [1.82, 2.24) is 30.0 Å². The highest BCUT2D eigenvalue weighted by Crippen LogP contribution is 2.25. The summed E-state index contributed by atoms with van der Waals surface area (Å²) < 4.78 is 20.0. The molecule has 4 rings (SSSR count). The van der Waals surface area contributed by atoms with Crippen LogP contribution in [0.25, 0.3) is 11.6 Å². The molecule has 0 N–H and O–H groups in total. The number of hydrogen-bond acceptors (Lipinski definition) is 6. The molecule has 0 saturated carbocycles. The van der Waals surface area contributed by atoms with E-state index in [1.54, 1.807) is 15.8 Å². The SMILES string of the molecule is CC(C)c1noc(-c2cn([C@H]3CCN(C(=O)c4ccc(F)cc4)C3)nn2)n1. The Morgan fingerprint density at radius 3 is 2.78 bits per heavy atom. The van der Waals surface area contributed by atoms with Crippen molar-refractivity contribution in [3.63, 3.8) is 0 Å². The smallest absolute Gasteiger partial charge is 0.280 e. The molecule has 1 aliphatic heterocycles. The van der Waals surface area contributed by atoms with Crippen LogP contribution in [-0.2, 0) is 0 Å². The van der Waals surface area contributed by atoms with Crippen LogP contribution in [0.3, 0.4) is 0 Å². The first-order valence-electron chi connectivity index (χ1n) is 8.82. The fourth-order valence-electron chi connectivity index (χ4n) is 3.04. The van der Waals surface area contributed by atoms with Crippen molar-refractivity contribution < 1.29 is 13.7 Å². The van der Waals surface area contributed by atoms with Crippen LogP contribution in [0.4, 0.5) is 4.39 Å². The monoisotopic (exact) mass is 370 g/mol. The molecule has 0 radical (unpaired) electrons. The van der Waals surface area contributed by atoms with Crippen molar-refractivity contribution in [2.24, 2.45) is 0 Å². The van der Waals surface area contributed by atoms with Crippen LogP contribution in [0.15, 0.2) is 35.0 Å². The number of benzene rings is 1. The molecule has 1 fully saturated rings. The van der Waals surface area contributed by atoms with Gasteiger partial charge in [0.1, 0.15) is 5.82 Å². The van der Waals surface area contributed by atoms with Gasteiger partial charge in [-0.25, -0.2) is 9.07 Å². The summed E-state index contributed by atoms with van der Waals surface area (Å²) in [6.45, 7) is 5.08. The summed E-state index contributed by atoms with van der Waals surface area (Å²) in [4.78, 5) is 18.6. The maximum absolute atomic E-state index is 13.0. The Kier molecular flexibility index (Phi) is 4.43. The van der Waals surface area contributed by atoms with E-state index >= 15 is 0 Å². The molecule has 9 heteroatoms. The predicted octanol–water partition coefficient (Wildman–Crippen LogP) is 2.68. The molecule has 0 spiro atoms. The number of rotatable bonds is 4. The molecule has 27 heavy (non-hydrogen) atoms. The minimum Gasteiger partial charge on any atom is -0.336 e. The van der Waals surface area contributed by atoms with Gasteiger partial charge in [-0.3, -0.25) is 4.79 Å². The fraction of sp³-hybridized carbons (Fsp3) is 0.389. The fourth-order valence-corrected chi connectivity index (χ4v) is 3.04. The molecular formula is C18H19FN6O2. The van der Waals surface area contributed by atoms with E-state index in [2.05, 4.69) is 20.5 Å². The Morgan fingerprint density at radius 1 is 1.30 bits per heavy atom. The molecule has 1 atom stereocenters. The lowest BCUT2D eigenvalue weighted by atomic mass is 10.2. The summed E-state index contributed by atoms with van der Waals surface area (Å²) in [5.41, 5.74) is 0.987. The lowest BCUT2D eigenvalue weighted by Crippen LogP contribution is -2.29. The normalized spacial score (nSPS) is 17.0. The lowest BCUT2D eigenvalue weighted by Gasteiger charge is -2.16. The van der Waals surface area contributed by atoms with E-state index in [1.165, 1.54) is 24.3 Å². The third kappa shape index (κ3) is 3.44. The molecular weight excluding hydrogens is 351 g/mol. The molecule has 0 unspecified atom stereocenters. The third-order valence-electron chi connectivity index (χ3n) is 4.60. The first-order valence-corrected chi connectivity index (χ1v) is 8.82. The highest BCUT2D eigenvalue weighted by atomic mass is 19.1. The van der Waals surface area contributed by atoms with Crippen LogP contribution in [0.1, 0.15) is 48.4 Å². The zero-order valence-corrected chi connectivity index (χ0v) is 15.0. The number of likely N-dealkylation sites (tertiary alicyclic amines) is 1. The second-order valence-corrected chi connectivity index (χ2v) is 6.90. The summed E-state index contributed by atoms with van der Waals surface area (Å²) in [7, 11) is 0. The van der Waals surface area contributed by atoms with E-state index < -0.39 is 0 Å². The van der Waals surface area contributed by atoms with Crippen molar-refractivity contribution >= 4 is 5.91 Å². The van der Waals surface area contributed by atoms with Crippen molar-refractivity contribution in [2.75, 3.05) is 13.1 Å². The predicted molar refractivity (Wildman–Crippen MR) is 93.4 cm³/mol. The standard InChI is InChI=1S/C18H19FN6O2/c1-11(2)16-20-17(27-22-16)15-10-25(23-21-15)14-7-8-24(9-14)18(26)12-3-5-13(19)6-4-12/h3-6,10-11,14H,7-9H2,1-2H3/t14-/m0/s1. The minimum absolute atomic E-state index is 0.0168. The van der Waals surface area contributed by atoms with Crippen molar-refractivity contribution in [1.29, 1.82) is 0 Å². The quantitative estimate of drug-likeness (QED) is 0.701. The molecule has 3 aromatic rings. The van der Waals surface area contributed by atoms with Gasteiger partial charge in [0.25, 0.3) is 11.8 Å². The molecule has 3 heterocycles. The van der Waals surface area contributed by atoms with E-state index in [0.717, 1.165) is 6.42 Å². The molecule has 1 saturated heterocycles. The number of hydrogen-bond donors (Lipinski definition) is 0. The zero-order chi connectivity index (χ0) is 19.0. The van der Waals surface area contributed by atoms with Gasteiger partial charge in [-0.1, -0.05) is 24.2 Å². The average molecular weight is 370 g/mol. The van der Waals surface area contributed by atoms with Crippen LogP contribution in [0.5, 0.6) is 0 Å². The Morgan fingerprint density at radius 2 is 2.07 bits per heavy atom. The van der Waals surface area contributed by atoms with Crippen LogP contribution in [0.2, 0.25) is 0 Å². The van der Waals surface area contributed by atoms with Crippen LogP contribution < -0.4 is 0 Å². The first-order chi connectivity index (χ1) is 13.0. The first kappa shape index (κ1) is 17.3. The van der Waals surface area contributed by atoms with E-state index in [1.807, 2.05) is 13.8 Å². The molecule has 0 aliphatic carbocycles. The van der Waals surface area contributed by atoms with E-state index in [0.29, 0.717) is 36.1 Å². The maximum atomic E-state index is 13.0. The van der Waals surface area contributed by atoms with E-state index in [9.17, 15) is 9.18 Å². The number of amides is 1. The molecule has 2 aromatic heterocycles. The van der Waals surface area contributed by atoms with Gasteiger partial charge in [0.05, 0.1) is 12.2 Å². The summed E-state index contributed by atoms with van der Waals surface area (Å²) in [5.74, 6) is 0.649. The summed E-state index contributed by atoms with van der Waals surface area (Å²) >= 11 is 0. The molecule has 1 aliphatic rings. The van der Waals surface area contributed by atoms with Gasteiger partial charge in [-0.05, 0) is 30.7 Å². The maximum Gasteiger partial charge on any atom is 0.280 e. The van der Waals surface area contributed by atoms with Crippen molar-refractivity contribution in [3.8, 4) is 11.6 Å². The van der Waals surface area contributed by atoms with Crippen LogP contribution in [0, 0.1) is 5.82 Å². The summed E-state index contributed by atoms with van der Waals surface area (Å²) in [5, 5.41) is 12.2. The third-order valence-corrected chi connectivity index (χ3v) is 4.60. The Balaban J connectivity index is 1.45. The molecule has 1 amide bonds. The number of nitrogens with zero attached hydrogens (tertiary/aromatic N) is 6. The zero-order valence-electron chi connectivity index (χ0n) is 15.0. The van der Waals surface area contributed by atoms with Gasteiger partial charge in [-0.2, -0.15) is 4.98 Å². The largest absolute Gasteiger partial charge is 0.336 e. The Bertz CT molecular complexity index is 949. The molecule has 0 bridgehead atoms. The lowest BCUT2D eigenvalue weighted by molar-refractivity contribution is 0.0787. The van der Waals surface area contributed by atoms with Crippen LogP contribution >= 0.6 is 0 Å². The topological polar surface area (TPSA) is 89.9 Å². The van der Waals surface area contributed by atoms with Gasteiger partial charge in [0.2, 0.25) is 0 Å². The number of carbonyl (C=O) groups is 1. The molecule has 1 aromatic carbocycles. The summed E-state index contributed by atoms with van der Waals surface area (Å²) in [6, 6.07) is 5.60. The molecule has 140 valence electrons. The van der Waals surface area contributed by atoms with Gasteiger partial charge in [0, 0.05) is 24.6 Å². The van der Waals surface area contributed by atoms with Gasteiger partial charge in [0.15, 0.2) is 11.5 Å². The summed E-state index contributed by atoms with van der Waals surface area (Å²) in [6.07, 6.45) is 2.52. The van der Waals surface area contributed by atoms with Crippen molar-refractivity contribution in [2.45, 2.75) is 32.2 Å². The number of aromatic nitrogens is 5. The van der Waals surface area contributed by atoms with Crippen molar-refractivity contribution in [3.05, 3.63) is 47.7 Å². The average Bonchev–Trinajstić information content (AvgIpc) is 3.40. The second kappa shape index (κ2) is 6.90. The number of carbonyl (C=O) groups excluding carboxylic acids is 1. The highest BCUT2D eigenvalue weighted by molar-refractivity contribution is 5.94. The Labute approximate surface area is 155 Å².